The molecule has 4 aromatic rings. The van der Waals surface area contributed by atoms with Gasteiger partial charge in [0.05, 0.1) is 17.3 Å². The molecule has 9 heteroatoms. The molecule has 0 aliphatic carbocycles. The highest BCUT2D eigenvalue weighted by Crippen LogP contribution is 2.41. The molecule has 1 aromatic heterocycles. The highest BCUT2D eigenvalue weighted by molar-refractivity contribution is 6.32. The minimum atomic E-state index is -0.463. The van der Waals surface area contributed by atoms with Crippen LogP contribution in [0, 0.1) is 5.82 Å². The summed E-state index contributed by atoms with van der Waals surface area (Å²) < 4.78 is 23.4. The van der Waals surface area contributed by atoms with Gasteiger partial charge in [0.1, 0.15) is 11.6 Å². The van der Waals surface area contributed by atoms with E-state index in [1.54, 1.807) is 37.6 Å². The number of ether oxygens (including phenoxy) is 1. The van der Waals surface area contributed by atoms with E-state index in [4.69, 9.17) is 16.3 Å². The van der Waals surface area contributed by atoms with Crippen LogP contribution in [-0.2, 0) is 11.8 Å². The molecule has 202 valence electrons. The third-order valence-electron chi connectivity index (χ3n) is 7.80. The third kappa shape index (κ3) is 4.95. The molecule has 0 bridgehead atoms. The molecule has 2 aliphatic rings. The van der Waals surface area contributed by atoms with Gasteiger partial charge in [-0.2, -0.15) is 0 Å². The van der Waals surface area contributed by atoms with Crippen molar-refractivity contribution in [1.82, 2.24) is 14.0 Å². The highest BCUT2D eigenvalue weighted by Gasteiger charge is 2.27. The smallest absolute Gasteiger partial charge is 0.332 e. The second kappa shape index (κ2) is 10.5. The van der Waals surface area contributed by atoms with Crippen LogP contribution in [0.1, 0.15) is 6.42 Å². The second-order valence-electron chi connectivity index (χ2n) is 10.2. The fourth-order valence-corrected chi connectivity index (χ4v) is 5.85. The standard InChI is InChI=1S/C30H30ClFN4O3/c1-33-8-13-36(30(33)38)28-6-5-21(16-27(28)31)26-18-22(32)17-25(29(26)37)20-3-2-4-23(15-20)34-9-11-35(12-10-34)24-7-14-39-19-24/h2-6,8,13,15-18,24,37H,7,9-12,14,19H2,1H3. The summed E-state index contributed by atoms with van der Waals surface area (Å²) >= 11 is 6.54. The molecule has 3 aromatic carbocycles. The number of phenols is 1. The normalized spacial score (nSPS) is 18.1. The molecule has 2 aliphatic heterocycles. The molecule has 6 rings (SSSR count). The lowest BCUT2D eigenvalue weighted by Gasteiger charge is -2.38. The second-order valence-corrected chi connectivity index (χ2v) is 10.6. The van der Waals surface area contributed by atoms with Crippen LogP contribution in [0.25, 0.3) is 27.9 Å². The van der Waals surface area contributed by atoms with E-state index in [1.807, 2.05) is 18.2 Å². The lowest BCUT2D eigenvalue weighted by molar-refractivity contribution is 0.139. The maximum absolute atomic E-state index is 14.9. The zero-order chi connectivity index (χ0) is 27.1. The van der Waals surface area contributed by atoms with Gasteiger partial charge in [0, 0.05) is 75.1 Å². The van der Waals surface area contributed by atoms with Crippen molar-refractivity contribution in [3.63, 3.8) is 0 Å². The van der Waals surface area contributed by atoms with Crippen molar-refractivity contribution in [3.8, 4) is 33.7 Å². The average molecular weight is 549 g/mol. The Morgan fingerprint density at radius 1 is 0.974 bits per heavy atom. The van der Waals surface area contributed by atoms with E-state index in [0.717, 1.165) is 57.1 Å². The molecule has 1 N–H and O–H groups in total. The van der Waals surface area contributed by atoms with Crippen molar-refractivity contribution in [1.29, 1.82) is 0 Å². The molecule has 0 amide bonds. The highest BCUT2D eigenvalue weighted by atomic mass is 35.5. The molecule has 1 atom stereocenters. The lowest BCUT2D eigenvalue weighted by atomic mass is 9.96. The zero-order valence-electron chi connectivity index (χ0n) is 21.7. The van der Waals surface area contributed by atoms with E-state index in [1.165, 1.54) is 21.3 Å². The maximum Gasteiger partial charge on any atom is 0.332 e. The van der Waals surface area contributed by atoms with Crippen molar-refractivity contribution < 1.29 is 14.2 Å². The maximum atomic E-state index is 14.9. The van der Waals surface area contributed by atoms with E-state index >= 15 is 0 Å². The van der Waals surface area contributed by atoms with Gasteiger partial charge >= 0.3 is 5.69 Å². The number of hydrogen-bond donors (Lipinski definition) is 1. The Morgan fingerprint density at radius 3 is 2.36 bits per heavy atom. The Bertz CT molecular complexity index is 1570. The summed E-state index contributed by atoms with van der Waals surface area (Å²) in [6.45, 7) is 5.40. The summed E-state index contributed by atoms with van der Waals surface area (Å²) in [6.07, 6.45) is 4.38. The van der Waals surface area contributed by atoms with Gasteiger partial charge in [-0.15, -0.1) is 0 Å². The molecular weight excluding hydrogens is 519 g/mol. The number of aromatic hydroxyl groups is 1. The van der Waals surface area contributed by atoms with Gasteiger partial charge in [0.15, 0.2) is 0 Å². The Morgan fingerprint density at radius 2 is 1.72 bits per heavy atom. The van der Waals surface area contributed by atoms with E-state index in [2.05, 4.69) is 15.9 Å². The lowest BCUT2D eigenvalue weighted by Crippen LogP contribution is -2.50. The van der Waals surface area contributed by atoms with Crippen molar-refractivity contribution in [2.24, 2.45) is 7.05 Å². The summed E-state index contributed by atoms with van der Waals surface area (Å²) in [7, 11) is 1.66. The first-order chi connectivity index (χ1) is 18.9. The molecule has 1 unspecified atom stereocenters. The number of imidazole rings is 1. The first-order valence-corrected chi connectivity index (χ1v) is 13.5. The number of benzene rings is 3. The van der Waals surface area contributed by atoms with Crippen molar-refractivity contribution in [2.45, 2.75) is 12.5 Å². The topological polar surface area (TPSA) is 62.9 Å². The van der Waals surface area contributed by atoms with Crippen LogP contribution in [-0.4, -0.2) is 64.6 Å². The van der Waals surface area contributed by atoms with Gasteiger partial charge in [-0.25, -0.2) is 9.18 Å². The molecule has 2 saturated heterocycles. The van der Waals surface area contributed by atoms with Gasteiger partial charge < -0.3 is 19.3 Å². The van der Waals surface area contributed by atoms with Crippen LogP contribution in [0.3, 0.4) is 0 Å². The van der Waals surface area contributed by atoms with E-state index in [0.29, 0.717) is 33.4 Å². The van der Waals surface area contributed by atoms with E-state index < -0.39 is 5.82 Å². The summed E-state index contributed by atoms with van der Waals surface area (Å²) in [5.74, 6) is -0.490. The van der Waals surface area contributed by atoms with Crippen molar-refractivity contribution >= 4 is 17.3 Å². The summed E-state index contributed by atoms with van der Waals surface area (Å²) in [5.41, 5.74) is 3.35. The number of piperazine rings is 1. The number of rotatable bonds is 5. The van der Waals surface area contributed by atoms with Crippen LogP contribution in [0.4, 0.5) is 10.1 Å². The number of aromatic nitrogens is 2. The number of phenolic OH excluding ortho intramolecular Hbond substituents is 1. The molecule has 3 heterocycles. The zero-order valence-corrected chi connectivity index (χ0v) is 22.4. The minimum Gasteiger partial charge on any atom is -0.507 e. The minimum absolute atomic E-state index is 0.0275. The first kappa shape index (κ1) is 25.7. The quantitative estimate of drug-likeness (QED) is 0.384. The van der Waals surface area contributed by atoms with Crippen molar-refractivity contribution in [2.75, 3.05) is 44.3 Å². The number of hydrogen-bond acceptors (Lipinski definition) is 5. The third-order valence-corrected chi connectivity index (χ3v) is 8.10. The molecule has 39 heavy (non-hydrogen) atoms. The predicted octanol–water partition coefficient (Wildman–Crippen LogP) is 4.92. The molecule has 0 radical (unpaired) electrons. The molecular formula is C30H30ClFN4O3. The van der Waals surface area contributed by atoms with Crippen LogP contribution >= 0.6 is 11.6 Å². The Hall–Kier alpha value is -3.59. The van der Waals surface area contributed by atoms with E-state index in [-0.39, 0.29) is 11.4 Å². The number of nitrogens with zero attached hydrogens (tertiary/aromatic N) is 4. The van der Waals surface area contributed by atoms with Gasteiger partial charge in [0.2, 0.25) is 0 Å². The largest absolute Gasteiger partial charge is 0.507 e. The summed E-state index contributed by atoms with van der Waals surface area (Å²) in [4.78, 5) is 17.2. The summed E-state index contributed by atoms with van der Waals surface area (Å²) in [5, 5.41) is 11.6. The fourth-order valence-electron chi connectivity index (χ4n) is 5.58. The van der Waals surface area contributed by atoms with Gasteiger partial charge in [-0.1, -0.05) is 29.8 Å². The first-order valence-electron chi connectivity index (χ1n) is 13.1. The van der Waals surface area contributed by atoms with E-state index in [9.17, 15) is 14.3 Å². The van der Waals surface area contributed by atoms with Gasteiger partial charge in [-0.3, -0.25) is 9.47 Å². The predicted molar refractivity (Wildman–Crippen MR) is 152 cm³/mol. The molecule has 0 spiro atoms. The Balaban J connectivity index is 1.28. The molecule has 0 saturated carbocycles. The molecule has 7 nitrogen and oxygen atoms in total. The van der Waals surface area contributed by atoms with Crippen LogP contribution < -0.4 is 10.6 Å². The van der Waals surface area contributed by atoms with Crippen LogP contribution in [0.5, 0.6) is 5.75 Å². The van der Waals surface area contributed by atoms with Gasteiger partial charge in [-0.05, 0) is 53.9 Å². The number of halogens is 2. The average Bonchev–Trinajstić information content (AvgIpc) is 3.60. The Labute approximate surface area is 231 Å². The van der Waals surface area contributed by atoms with Crippen LogP contribution in [0.2, 0.25) is 5.02 Å². The van der Waals surface area contributed by atoms with Gasteiger partial charge in [0.25, 0.3) is 0 Å². The van der Waals surface area contributed by atoms with Crippen molar-refractivity contribution in [3.05, 3.63) is 88.3 Å². The number of aryl methyl sites for hydroxylation is 1. The SMILES string of the molecule is Cn1ccn(-c2ccc(-c3cc(F)cc(-c4cccc(N5CCN(C6CCOC6)CC5)c4)c3O)cc2Cl)c1=O. The molecule has 2 fully saturated rings. The fraction of sp³-hybridized carbons (Fsp3) is 0.300. The number of anilines is 1. The van der Waals surface area contributed by atoms with Crippen LogP contribution in [0.15, 0.2) is 71.8 Å². The summed E-state index contributed by atoms with van der Waals surface area (Å²) in [6, 6.07) is 16.1. The monoisotopic (exact) mass is 548 g/mol. The Kier molecular flexibility index (Phi) is 6.93.